The fourth-order valence-electron chi connectivity index (χ4n) is 2.83. The summed E-state index contributed by atoms with van der Waals surface area (Å²) in [5.41, 5.74) is 4.13. The van der Waals surface area contributed by atoms with E-state index in [0.717, 1.165) is 16.6 Å². The lowest BCUT2D eigenvalue weighted by Gasteiger charge is -2.08. The molecule has 1 amide bonds. The molecule has 0 spiro atoms. The molecule has 152 valence electrons. The predicted molar refractivity (Wildman–Crippen MR) is 119 cm³/mol. The highest BCUT2D eigenvalue weighted by Crippen LogP contribution is 2.29. The third-order valence-corrected chi connectivity index (χ3v) is 6.10. The highest BCUT2D eigenvalue weighted by atomic mass is 32.2. The molecule has 1 atom stereocenters. The van der Waals surface area contributed by atoms with Gasteiger partial charge in [-0.25, -0.2) is 9.97 Å². The Morgan fingerprint density at radius 3 is 2.90 bits per heavy atom. The van der Waals surface area contributed by atoms with Crippen LogP contribution in [0.1, 0.15) is 12.5 Å². The number of nitrogens with one attached hydrogen (secondary N) is 2. The quantitative estimate of drug-likeness (QED) is 0.248. The Kier molecular flexibility index (Phi) is 5.51. The van der Waals surface area contributed by atoms with Crippen molar-refractivity contribution in [1.29, 1.82) is 0 Å². The van der Waals surface area contributed by atoms with E-state index in [9.17, 15) is 14.9 Å². The number of aryl methyl sites for hydroxylation is 1. The van der Waals surface area contributed by atoms with E-state index in [-0.39, 0.29) is 11.6 Å². The molecule has 0 unspecified atom stereocenters. The largest absolute Gasteiger partial charge is 0.333 e. The van der Waals surface area contributed by atoms with Gasteiger partial charge in [0, 0.05) is 23.1 Å². The van der Waals surface area contributed by atoms with Gasteiger partial charge in [0.2, 0.25) is 5.91 Å². The van der Waals surface area contributed by atoms with Crippen molar-refractivity contribution in [2.75, 3.05) is 5.32 Å². The molecule has 4 rings (SSSR count). The lowest BCUT2D eigenvalue weighted by atomic mass is 10.1. The number of hydrogen-bond donors (Lipinski definition) is 2. The molecule has 0 saturated carbocycles. The van der Waals surface area contributed by atoms with E-state index in [4.69, 9.17) is 0 Å². The summed E-state index contributed by atoms with van der Waals surface area (Å²) in [6, 6.07) is 12.2. The number of benzene rings is 2. The van der Waals surface area contributed by atoms with Crippen molar-refractivity contribution in [2.45, 2.75) is 24.3 Å². The average molecular weight is 440 g/mol. The van der Waals surface area contributed by atoms with Crippen LogP contribution in [0.25, 0.3) is 22.3 Å². The maximum atomic E-state index is 12.6. The number of thiazole rings is 1. The van der Waals surface area contributed by atoms with Crippen LogP contribution in [0.2, 0.25) is 0 Å². The molecule has 0 saturated heterocycles. The first-order valence-electron chi connectivity index (χ1n) is 9.03. The smallest absolute Gasteiger partial charge is 0.270 e. The summed E-state index contributed by atoms with van der Waals surface area (Å²) < 4.78 is 0. The van der Waals surface area contributed by atoms with Gasteiger partial charge >= 0.3 is 0 Å². The second kappa shape index (κ2) is 8.25. The molecule has 2 N–H and O–H groups in total. The molecule has 0 aliphatic rings. The van der Waals surface area contributed by atoms with E-state index in [2.05, 4.69) is 20.3 Å². The third-order valence-electron chi connectivity index (χ3n) is 4.36. The molecule has 2 aromatic carbocycles. The van der Waals surface area contributed by atoms with Gasteiger partial charge in [-0.1, -0.05) is 30.0 Å². The number of nitro groups is 1. The number of rotatable bonds is 6. The summed E-state index contributed by atoms with van der Waals surface area (Å²) >= 11 is 2.60. The van der Waals surface area contributed by atoms with Crippen LogP contribution in [0.4, 0.5) is 10.8 Å². The molecule has 2 heterocycles. The number of imidazole rings is 1. The molecule has 0 radical (unpaired) electrons. The van der Waals surface area contributed by atoms with Crippen LogP contribution in [-0.4, -0.2) is 31.0 Å². The Morgan fingerprint density at radius 2 is 2.10 bits per heavy atom. The van der Waals surface area contributed by atoms with Crippen molar-refractivity contribution < 1.29 is 9.72 Å². The first-order chi connectivity index (χ1) is 14.4. The fraction of sp³-hybridized carbons (Fsp3) is 0.150. The molecule has 4 aromatic rings. The number of aromatic amines is 1. The summed E-state index contributed by atoms with van der Waals surface area (Å²) in [5.74, 6) is -0.198. The minimum Gasteiger partial charge on any atom is -0.333 e. The highest BCUT2D eigenvalue weighted by molar-refractivity contribution is 8.00. The topological polar surface area (TPSA) is 114 Å². The van der Waals surface area contributed by atoms with Crippen LogP contribution in [0.3, 0.4) is 0 Å². The van der Waals surface area contributed by atoms with E-state index < -0.39 is 10.2 Å². The maximum absolute atomic E-state index is 12.6. The number of aromatic nitrogens is 3. The monoisotopic (exact) mass is 439 g/mol. The number of hydrogen-bond acceptors (Lipinski definition) is 7. The second-order valence-corrected chi connectivity index (χ2v) is 8.84. The number of anilines is 1. The Morgan fingerprint density at radius 1 is 1.27 bits per heavy atom. The predicted octanol–water partition coefficient (Wildman–Crippen LogP) is 5.02. The van der Waals surface area contributed by atoms with Crippen LogP contribution in [0, 0.1) is 17.0 Å². The summed E-state index contributed by atoms with van der Waals surface area (Å²) in [4.78, 5) is 35.2. The van der Waals surface area contributed by atoms with Gasteiger partial charge < -0.3 is 10.3 Å². The molecule has 0 fully saturated rings. The van der Waals surface area contributed by atoms with Crippen LogP contribution < -0.4 is 5.32 Å². The average Bonchev–Trinajstić information content (AvgIpc) is 3.34. The Labute approximate surface area is 179 Å². The zero-order valence-corrected chi connectivity index (χ0v) is 17.7. The van der Waals surface area contributed by atoms with E-state index >= 15 is 0 Å². The van der Waals surface area contributed by atoms with Crippen LogP contribution in [-0.2, 0) is 4.79 Å². The molecule has 0 aliphatic carbocycles. The number of nitro benzene ring substituents is 1. The SMILES string of the molecule is Cc1ccc2nc(S[C@H](C)C(=O)Nc3nc(-c4cccc([N+](=O)[O-])c4)cs3)[nH]c2c1. The third kappa shape index (κ3) is 4.34. The Hall–Kier alpha value is -3.24. The second-order valence-electron chi connectivity index (χ2n) is 6.66. The number of amides is 1. The number of H-pyrrole nitrogens is 1. The molecular weight excluding hydrogens is 422 g/mol. The molecule has 8 nitrogen and oxygen atoms in total. The number of nitrogens with zero attached hydrogens (tertiary/aromatic N) is 3. The maximum Gasteiger partial charge on any atom is 0.270 e. The van der Waals surface area contributed by atoms with Crippen LogP contribution >= 0.6 is 23.1 Å². The Bertz CT molecular complexity index is 1250. The van der Waals surface area contributed by atoms with Crippen molar-refractivity contribution in [3.63, 3.8) is 0 Å². The summed E-state index contributed by atoms with van der Waals surface area (Å²) in [6.45, 7) is 3.81. The van der Waals surface area contributed by atoms with Crippen LogP contribution in [0.15, 0.2) is 53.0 Å². The Balaban J connectivity index is 1.43. The number of carbonyl (C=O) groups is 1. The van der Waals surface area contributed by atoms with Gasteiger partial charge in [0.15, 0.2) is 10.3 Å². The minimum absolute atomic E-state index is 0.00265. The summed E-state index contributed by atoms with van der Waals surface area (Å²) in [5, 5.41) is 16.2. The van der Waals surface area contributed by atoms with E-state index in [1.807, 2.05) is 25.1 Å². The van der Waals surface area contributed by atoms with E-state index in [1.54, 1.807) is 24.4 Å². The molecular formula is C20H17N5O3S2. The number of non-ortho nitro benzene ring substituents is 1. The first-order valence-corrected chi connectivity index (χ1v) is 10.8. The number of fused-ring (bicyclic) bond motifs is 1. The van der Waals surface area contributed by atoms with Gasteiger partial charge in [0.05, 0.1) is 26.9 Å². The van der Waals surface area contributed by atoms with Crippen molar-refractivity contribution in [1.82, 2.24) is 15.0 Å². The van der Waals surface area contributed by atoms with E-state index in [0.29, 0.717) is 21.5 Å². The van der Waals surface area contributed by atoms with E-state index in [1.165, 1.54) is 35.2 Å². The van der Waals surface area contributed by atoms with Gasteiger partial charge in [-0.15, -0.1) is 11.3 Å². The fourth-order valence-corrected chi connectivity index (χ4v) is 4.37. The lowest BCUT2D eigenvalue weighted by Crippen LogP contribution is -2.22. The van der Waals surface area contributed by atoms with Crippen molar-refractivity contribution in [3.05, 3.63) is 63.5 Å². The summed E-state index contributed by atoms with van der Waals surface area (Å²) in [6.07, 6.45) is 0. The normalized spacial score (nSPS) is 12.1. The standard InChI is InChI=1S/C20H17N5O3S2/c1-11-6-7-15-16(8-11)22-20(21-15)30-12(2)18(26)24-19-23-17(10-29-19)13-4-3-5-14(9-13)25(27)28/h3-10,12H,1-2H3,(H,21,22)(H,23,24,26)/t12-/m1/s1. The minimum atomic E-state index is -0.448. The molecule has 2 aromatic heterocycles. The van der Waals surface area contributed by atoms with Crippen LogP contribution in [0.5, 0.6) is 0 Å². The van der Waals surface area contributed by atoms with Crippen molar-refractivity contribution >= 4 is 50.9 Å². The van der Waals surface area contributed by atoms with Gasteiger partial charge in [0.1, 0.15) is 0 Å². The molecule has 0 aliphatic heterocycles. The number of thioether (sulfide) groups is 1. The van der Waals surface area contributed by atoms with Gasteiger partial charge in [-0.2, -0.15) is 0 Å². The van der Waals surface area contributed by atoms with Crippen molar-refractivity contribution in [2.24, 2.45) is 0 Å². The van der Waals surface area contributed by atoms with Gasteiger partial charge in [-0.3, -0.25) is 14.9 Å². The molecule has 10 heteroatoms. The molecule has 30 heavy (non-hydrogen) atoms. The number of carbonyl (C=O) groups excluding carboxylic acids is 1. The molecule has 0 bridgehead atoms. The summed E-state index contributed by atoms with van der Waals surface area (Å²) in [7, 11) is 0. The zero-order valence-electron chi connectivity index (χ0n) is 16.1. The highest BCUT2D eigenvalue weighted by Gasteiger charge is 2.18. The van der Waals surface area contributed by atoms with Gasteiger partial charge in [0.25, 0.3) is 5.69 Å². The zero-order chi connectivity index (χ0) is 21.3. The van der Waals surface area contributed by atoms with Gasteiger partial charge in [-0.05, 0) is 31.5 Å². The first kappa shape index (κ1) is 20.0. The lowest BCUT2D eigenvalue weighted by molar-refractivity contribution is -0.384. The van der Waals surface area contributed by atoms with Crippen molar-refractivity contribution in [3.8, 4) is 11.3 Å².